The number of amides is 1. The van der Waals surface area contributed by atoms with Crippen molar-refractivity contribution >= 4 is 35.8 Å². The van der Waals surface area contributed by atoms with Crippen molar-refractivity contribution in [2.75, 3.05) is 46.4 Å². The molecule has 1 fully saturated rings. The van der Waals surface area contributed by atoms with Gasteiger partial charge in [-0.3, -0.25) is 9.69 Å². The number of carbonyl (C=O) groups is 1. The van der Waals surface area contributed by atoms with Crippen LogP contribution in [0.3, 0.4) is 0 Å². The number of likely N-dealkylation sites (tertiary alicyclic amines) is 1. The monoisotopic (exact) mass is 557 g/mol. The molecule has 1 saturated heterocycles. The third kappa shape index (κ3) is 10.0. The number of rotatable bonds is 9. The molecule has 0 aliphatic carbocycles. The summed E-state index contributed by atoms with van der Waals surface area (Å²) in [5, 5.41) is 9.17. The normalized spacial score (nSPS) is 17.2. The van der Waals surface area contributed by atoms with Crippen LogP contribution in [-0.2, 0) is 22.3 Å². The Labute approximate surface area is 198 Å². The molecule has 31 heavy (non-hydrogen) atoms. The summed E-state index contributed by atoms with van der Waals surface area (Å²) in [6.45, 7) is 5.68. The third-order valence-corrected chi connectivity index (χ3v) is 4.65. The number of aliphatic imine (C=N–C) groups is 1. The Balaban J connectivity index is 0.00000480. The van der Waals surface area contributed by atoms with Crippen molar-refractivity contribution in [2.24, 2.45) is 4.99 Å². The van der Waals surface area contributed by atoms with Crippen LogP contribution in [0.1, 0.15) is 24.5 Å². The van der Waals surface area contributed by atoms with Crippen molar-refractivity contribution in [2.45, 2.75) is 32.1 Å². The fourth-order valence-corrected chi connectivity index (χ4v) is 3.16. The summed E-state index contributed by atoms with van der Waals surface area (Å²) in [7, 11) is 1.57. The molecule has 11 heteroatoms. The highest BCUT2D eigenvalue weighted by atomic mass is 127. The van der Waals surface area contributed by atoms with Crippen molar-refractivity contribution in [3.05, 3.63) is 35.4 Å². The van der Waals surface area contributed by atoms with E-state index in [1.807, 2.05) is 6.92 Å². The zero-order chi connectivity index (χ0) is 22.0. The Morgan fingerprint density at radius 3 is 2.58 bits per heavy atom. The Kier molecular flexibility index (Phi) is 12.2. The highest BCUT2D eigenvalue weighted by Crippen LogP contribution is 2.29. The molecule has 0 saturated carbocycles. The van der Waals surface area contributed by atoms with Crippen molar-refractivity contribution < 1.29 is 22.7 Å². The molecular formula is C20H31F3IN5O2. The van der Waals surface area contributed by atoms with Gasteiger partial charge in [-0.15, -0.1) is 24.0 Å². The van der Waals surface area contributed by atoms with Gasteiger partial charge in [-0.25, -0.2) is 4.99 Å². The fraction of sp³-hybridized carbons (Fsp3) is 0.600. The molecule has 2 rings (SSSR count). The minimum absolute atomic E-state index is 0. The Hall–Kier alpha value is -1.60. The first-order valence-electron chi connectivity index (χ1n) is 10.0. The van der Waals surface area contributed by atoms with Gasteiger partial charge >= 0.3 is 6.18 Å². The lowest BCUT2D eigenvalue weighted by atomic mass is 10.1. The van der Waals surface area contributed by atoms with Gasteiger partial charge in [-0.2, -0.15) is 13.2 Å². The van der Waals surface area contributed by atoms with Gasteiger partial charge in [-0.05, 0) is 31.0 Å². The molecular weight excluding hydrogens is 526 g/mol. The first-order valence-corrected chi connectivity index (χ1v) is 10.0. The fourth-order valence-electron chi connectivity index (χ4n) is 3.16. The smallest absolute Gasteiger partial charge is 0.383 e. The molecule has 1 aliphatic rings. The van der Waals surface area contributed by atoms with Gasteiger partial charge in [0.2, 0.25) is 5.91 Å². The zero-order valence-corrected chi connectivity index (χ0v) is 20.1. The van der Waals surface area contributed by atoms with Crippen LogP contribution in [0, 0.1) is 0 Å². The van der Waals surface area contributed by atoms with Gasteiger partial charge in [0.25, 0.3) is 0 Å². The van der Waals surface area contributed by atoms with Crippen molar-refractivity contribution in [3.63, 3.8) is 0 Å². The molecule has 0 radical (unpaired) electrons. The molecule has 1 aliphatic heterocycles. The van der Waals surface area contributed by atoms with Gasteiger partial charge in [0, 0.05) is 45.9 Å². The third-order valence-electron chi connectivity index (χ3n) is 4.65. The molecule has 3 N–H and O–H groups in total. The van der Waals surface area contributed by atoms with Crippen LogP contribution in [0.15, 0.2) is 29.3 Å². The van der Waals surface area contributed by atoms with E-state index in [0.717, 1.165) is 37.2 Å². The van der Waals surface area contributed by atoms with E-state index < -0.39 is 11.7 Å². The van der Waals surface area contributed by atoms with Crippen molar-refractivity contribution in [1.29, 1.82) is 0 Å². The maximum Gasteiger partial charge on any atom is 0.416 e. The summed E-state index contributed by atoms with van der Waals surface area (Å²) in [6, 6.07) is 5.44. The number of hydrogen-bond acceptors (Lipinski definition) is 4. The average Bonchev–Trinajstić information content (AvgIpc) is 3.13. The quantitative estimate of drug-likeness (QED) is 0.188. The van der Waals surface area contributed by atoms with E-state index >= 15 is 0 Å². The van der Waals surface area contributed by atoms with E-state index in [1.54, 1.807) is 7.11 Å². The lowest BCUT2D eigenvalue weighted by Crippen LogP contribution is -2.45. The first-order chi connectivity index (χ1) is 14.3. The van der Waals surface area contributed by atoms with E-state index in [-0.39, 0.29) is 42.5 Å². The Bertz CT molecular complexity index is 701. The number of alkyl halides is 3. The zero-order valence-electron chi connectivity index (χ0n) is 17.8. The molecule has 1 atom stereocenters. The van der Waals surface area contributed by atoms with Crippen LogP contribution in [0.5, 0.6) is 0 Å². The number of ether oxygens (including phenoxy) is 1. The number of methoxy groups -OCH3 is 1. The molecule has 1 unspecified atom stereocenters. The molecule has 1 heterocycles. The Morgan fingerprint density at radius 2 is 1.97 bits per heavy atom. The lowest BCUT2D eigenvalue weighted by molar-refractivity contribution is -0.137. The summed E-state index contributed by atoms with van der Waals surface area (Å²) < 4.78 is 42.9. The number of nitrogens with one attached hydrogen (secondary N) is 3. The van der Waals surface area contributed by atoms with Gasteiger partial charge in [0.1, 0.15) is 6.54 Å². The number of carbonyl (C=O) groups excluding carboxylic acids is 1. The average molecular weight is 557 g/mol. The molecule has 0 aromatic heterocycles. The molecule has 0 spiro atoms. The van der Waals surface area contributed by atoms with Crippen LogP contribution in [0.4, 0.5) is 13.2 Å². The van der Waals surface area contributed by atoms with Crippen LogP contribution in [-0.4, -0.2) is 69.2 Å². The van der Waals surface area contributed by atoms with Gasteiger partial charge in [0.05, 0.1) is 12.2 Å². The summed E-state index contributed by atoms with van der Waals surface area (Å²) in [4.78, 5) is 18.3. The minimum Gasteiger partial charge on any atom is -0.383 e. The summed E-state index contributed by atoms with van der Waals surface area (Å²) >= 11 is 0. The maximum atomic E-state index is 12.7. The van der Waals surface area contributed by atoms with Crippen LogP contribution in [0.25, 0.3) is 0 Å². The summed E-state index contributed by atoms with van der Waals surface area (Å²) in [6.07, 6.45) is -3.44. The second-order valence-corrected chi connectivity index (χ2v) is 7.10. The number of guanidine groups is 1. The number of halogens is 4. The molecule has 0 bridgehead atoms. The lowest BCUT2D eigenvalue weighted by Gasteiger charge is -2.19. The first kappa shape index (κ1) is 27.4. The highest BCUT2D eigenvalue weighted by Gasteiger charge is 2.30. The number of hydrogen-bond donors (Lipinski definition) is 3. The van der Waals surface area contributed by atoms with Crippen LogP contribution in [0.2, 0.25) is 0 Å². The largest absolute Gasteiger partial charge is 0.416 e. The predicted molar refractivity (Wildman–Crippen MR) is 125 cm³/mol. The maximum absolute atomic E-state index is 12.7. The molecule has 1 aromatic rings. The van der Waals surface area contributed by atoms with E-state index in [4.69, 9.17) is 4.74 Å². The van der Waals surface area contributed by atoms with Gasteiger partial charge in [-0.1, -0.05) is 12.1 Å². The second-order valence-electron chi connectivity index (χ2n) is 7.10. The van der Waals surface area contributed by atoms with Crippen molar-refractivity contribution in [3.8, 4) is 0 Å². The molecule has 176 valence electrons. The van der Waals surface area contributed by atoms with Crippen LogP contribution >= 0.6 is 24.0 Å². The van der Waals surface area contributed by atoms with Gasteiger partial charge < -0.3 is 20.7 Å². The topological polar surface area (TPSA) is 78.0 Å². The summed E-state index contributed by atoms with van der Waals surface area (Å²) in [5.41, 5.74) is 0.210. The summed E-state index contributed by atoms with van der Waals surface area (Å²) in [5.74, 6) is 0.389. The molecule has 1 aromatic carbocycles. The number of nitrogens with zero attached hydrogens (tertiary/aromatic N) is 2. The van der Waals surface area contributed by atoms with E-state index in [1.165, 1.54) is 12.1 Å². The van der Waals surface area contributed by atoms with E-state index in [0.29, 0.717) is 32.2 Å². The van der Waals surface area contributed by atoms with E-state index in [9.17, 15) is 18.0 Å². The van der Waals surface area contributed by atoms with Gasteiger partial charge in [0.15, 0.2) is 5.96 Å². The minimum atomic E-state index is -4.32. The SMILES string of the molecule is CCNC(=NCC(=O)NCCOC)NC1CCN(Cc2ccc(C(F)(F)F)cc2)C1.I. The second kappa shape index (κ2) is 13.7. The van der Waals surface area contributed by atoms with Crippen molar-refractivity contribution in [1.82, 2.24) is 20.9 Å². The van der Waals surface area contributed by atoms with Crippen LogP contribution < -0.4 is 16.0 Å². The standard InChI is InChI=1S/C20H30F3N5O2.HI/c1-3-24-19(26-12-18(29)25-9-11-30-2)27-17-8-10-28(14-17)13-15-4-6-16(7-5-15)20(21,22)23;/h4-7,17H,3,8-14H2,1-2H3,(H,25,29)(H2,24,26,27);1H. The Morgan fingerprint density at radius 1 is 1.26 bits per heavy atom. The van der Waals surface area contributed by atoms with E-state index in [2.05, 4.69) is 25.8 Å². The predicted octanol–water partition coefficient (Wildman–Crippen LogP) is 2.22. The molecule has 7 nitrogen and oxygen atoms in total. The molecule has 1 amide bonds. The highest BCUT2D eigenvalue weighted by molar-refractivity contribution is 14.0. The number of benzene rings is 1.